The molecule has 0 aliphatic rings. The van der Waals surface area contributed by atoms with Crippen LogP contribution in [0.15, 0.2) is 58.6 Å². The molecular formula is C20H22FN5O4S2. The Hall–Kier alpha value is -2.96. The van der Waals surface area contributed by atoms with Crippen LogP contribution in [-0.2, 0) is 14.8 Å². The third-order valence-corrected chi connectivity index (χ3v) is 7.02. The van der Waals surface area contributed by atoms with E-state index in [0.717, 1.165) is 22.0 Å². The first-order valence-electron chi connectivity index (χ1n) is 9.48. The minimum Gasteiger partial charge on any atom is -0.495 e. The van der Waals surface area contributed by atoms with Crippen LogP contribution in [0.2, 0.25) is 0 Å². The zero-order valence-corrected chi connectivity index (χ0v) is 19.0. The topological polar surface area (TPSA) is 117 Å². The second-order valence-corrected chi connectivity index (χ2v) is 9.66. The first-order valence-corrected chi connectivity index (χ1v) is 11.9. The maximum Gasteiger partial charge on any atom is 0.247 e. The van der Waals surface area contributed by atoms with Crippen LogP contribution in [0.5, 0.6) is 5.75 Å². The van der Waals surface area contributed by atoms with Gasteiger partial charge in [-0.05, 0) is 18.2 Å². The van der Waals surface area contributed by atoms with E-state index in [9.17, 15) is 17.6 Å². The van der Waals surface area contributed by atoms with Crippen molar-refractivity contribution >= 4 is 27.7 Å². The van der Waals surface area contributed by atoms with E-state index in [1.54, 1.807) is 0 Å². The summed E-state index contributed by atoms with van der Waals surface area (Å²) in [6.45, 7) is -0.138. The fraction of sp³-hybridized carbons (Fsp3) is 0.250. The molecule has 1 amide bonds. The van der Waals surface area contributed by atoms with Crippen molar-refractivity contribution in [3.05, 3.63) is 54.3 Å². The lowest BCUT2D eigenvalue weighted by Gasteiger charge is -2.18. The number of benzene rings is 2. The lowest BCUT2D eigenvalue weighted by molar-refractivity contribution is -0.121. The molecule has 0 aliphatic heterocycles. The Balaban J connectivity index is 1.49. The number of thioether (sulfide) groups is 1. The molecule has 2 N–H and O–H groups in total. The average molecular weight is 480 g/mol. The highest BCUT2D eigenvalue weighted by atomic mass is 32.2. The highest BCUT2D eigenvalue weighted by Gasteiger charge is 2.27. The highest BCUT2D eigenvalue weighted by molar-refractivity contribution is 7.99. The average Bonchev–Trinajstić information content (AvgIpc) is 3.26. The maximum absolute atomic E-state index is 13.6. The summed E-state index contributed by atoms with van der Waals surface area (Å²) < 4.78 is 44.8. The summed E-state index contributed by atoms with van der Waals surface area (Å²) in [5.74, 6) is -0.0757. The molecule has 2 aromatic carbocycles. The number of H-pyrrole nitrogens is 1. The minimum absolute atomic E-state index is 0.00330. The Labute approximate surface area is 189 Å². The molecule has 0 saturated carbocycles. The van der Waals surface area contributed by atoms with Gasteiger partial charge in [0.15, 0.2) is 5.82 Å². The number of rotatable bonds is 10. The van der Waals surface area contributed by atoms with Gasteiger partial charge in [-0.25, -0.2) is 17.8 Å². The Bertz CT molecular complexity index is 1170. The number of amides is 1. The third kappa shape index (κ3) is 5.84. The first-order chi connectivity index (χ1) is 15.3. The predicted octanol–water partition coefficient (Wildman–Crippen LogP) is 2.15. The molecule has 170 valence electrons. The summed E-state index contributed by atoms with van der Waals surface area (Å²) in [6.07, 6.45) is 0. The third-order valence-electron chi connectivity index (χ3n) is 4.35. The van der Waals surface area contributed by atoms with Gasteiger partial charge in [-0.3, -0.25) is 9.89 Å². The second-order valence-electron chi connectivity index (χ2n) is 6.59. The van der Waals surface area contributed by atoms with E-state index in [2.05, 4.69) is 20.5 Å². The van der Waals surface area contributed by atoms with Crippen molar-refractivity contribution in [2.24, 2.45) is 0 Å². The van der Waals surface area contributed by atoms with Gasteiger partial charge < -0.3 is 10.1 Å². The van der Waals surface area contributed by atoms with Crippen LogP contribution in [0.25, 0.3) is 11.4 Å². The van der Waals surface area contributed by atoms with Crippen LogP contribution >= 0.6 is 11.8 Å². The number of carbonyl (C=O) groups is 1. The molecule has 3 rings (SSSR count). The number of hydrogen-bond acceptors (Lipinski definition) is 7. The Kier molecular flexibility index (Phi) is 7.83. The number of methoxy groups -OCH3 is 1. The molecule has 32 heavy (non-hydrogen) atoms. The Morgan fingerprint density at radius 2 is 2.00 bits per heavy atom. The summed E-state index contributed by atoms with van der Waals surface area (Å²) in [5, 5.41) is 10.2. The van der Waals surface area contributed by atoms with E-state index in [0.29, 0.717) is 16.7 Å². The standard InChI is InChI=1S/C20H22FN5O4S2/c1-26(32(28,29)17-12-15(21)8-9-16(17)30-2)13-18(27)22-10-11-31-20-23-19(24-25-20)14-6-4-3-5-7-14/h3-9,12H,10-11,13H2,1-2H3,(H,22,27)(H,23,24,25). The van der Waals surface area contributed by atoms with Gasteiger partial charge in [0, 0.05) is 24.9 Å². The van der Waals surface area contributed by atoms with Gasteiger partial charge in [0.2, 0.25) is 21.1 Å². The SMILES string of the molecule is COc1ccc(F)cc1S(=O)(=O)N(C)CC(=O)NCCSc1n[nH]c(-c2ccccc2)n1. The summed E-state index contributed by atoms with van der Waals surface area (Å²) in [7, 11) is -1.59. The number of hydrogen-bond donors (Lipinski definition) is 2. The smallest absolute Gasteiger partial charge is 0.247 e. The molecule has 3 aromatic rings. The van der Waals surface area contributed by atoms with E-state index >= 15 is 0 Å². The molecule has 0 bridgehead atoms. The first kappa shape index (κ1) is 23.7. The van der Waals surface area contributed by atoms with Gasteiger partial charge in [0.05, 0.1) is 13.7 Å². The van der Waals surface area contributed by atoms with Crippen molar-refractivity contribution in [2.75, 3.05) is 33.0 Å². The van der Waals surface area contributed by atoms with Crippen molar-refractivity contribution in [1.82, 2.24) is 24.8 Å². The monoisotopic (exact) mass is 479 g/mol. The normalized spacial score (nSPS) is 11.5. The lowest BCUT2D eigenvalue weighted by atomic mass is 10.2. The number of likely N-dealkylation sites (N-methyl/N-ethyl adjacent to an activating group) is 1. The molecule has 0 aliphatic carbocycles. The van der Waals surface area contributed by atoms with Crippen molar-refractivity contribution in [1.29, 1.82) is 0 Å². The van der Waals surface area contributed by atoms with Crippen LogP contribution in [-0.4, -0.2) is 66.8 Å². The van der Waals surface area contributed by atoms with Crippen molar-refractivity contribution in [2.45, 2.75) is 10.1 Å². The van der Waals surface area contributed by atoms with Crippen LogP contribution in [0.1, 0.15) is 0 Å². The molecule has 12 heteroatoms. The van der Waals surface area contributed by atoms with Gasteiger partial charge in [-0.2, -0.15) is 4.31 Å². The Morgan fingerprint density at radius 1 is 1.25 bits per heavy atom. The fourth-order valence-corrected chi connectivity index (χ4v) is 4.67. The molecule has 0 atom stereocenters. The number of halogens is 1. The molecule has 0 fully saturated rings. The number of ether oxygens (including phenoxy) is 1. The van der Waals surface area contributed by atoms with E-state index in [1.807, 2.05) is 30.3 Å². The van der Waals surface area contributed by atoms with Crippen LogP contribution in [0.4, 0.5) is 4.39 Å². The van der Waals surface area contributed by atoms with Gasteiger partial charge in [-0.15, -0.1) is 5.10 Å². The zero-order chi connectivity index (χ0) is 23.1. The quantitative estimate of drug-likeness (QED) is 0.338. The number of aromatic nitrogens is 3. The summed E-state index contributed by atoms with van der Waals surface area (Å²) in [4.78, 5) is 16.2. The van der Waals surface area contributed by atoms with Crippen LogP contribution in [0, 0.1) is 5.82 Å². The number of nitrogens with one attached hydrogen (secondary N) is 2. The molecule has 0 saturated heterocycles. The van der Waals surface area contributed by atoms with Gasteiger partial charge in [0.25, 0.3) is 0 Å². The largest absolute Gasteiger partial charge is 0.495 e. The highest BCUT2D eigenvalue weighted by Crippen LogP contribution is 2.26. The molecule has 9 nitrogen and oxygen atoms in total. The minimum atomic E-state index is -4.12. The van der Waals surface area contributed by atoms with Crippen LogP contribution < -0.4 is 10.1 Å². The zero-order valence-electron chi connectivity index (χ0n) is 17.4. The fourth-order valence-electron chi connectivity index (χ4n) is 2.73. The Morgan fingerprint density at radius 3 is 2.72 bits per heavy atom. The molecule has 1 aromatic heterocycles. The van der Waals surface area contributed by atoms with Crippen molar-refractivity contribution in [3.8, 4) is 17.1 Å². The van der Waals surface area contributed by atoms with Crippen molar-refractivity contribution in [3.63, 3.8) is 0 Å². The number of nitrogens with zero attached hydrogens (tertiary/aromatic N) is 3. The van der Waals surface area contributed by atoms with E-state index in [4.69, 9.17) is 4.74 Å². The van der Waals surface area contributed by atoms with E-state index < -0.39 is 28.3 Å². The summed E-state index contributed by atoms with van der Waals surface area (Å²) in [6, 6.07) is 12.7. The van der Waals surface area contributed by atoms with Crippen LogP contribution in [0.3, 0.4) is 0 Å². The second kappa shape index (κ2) is 10.6. The maximum atomic E-state index is 13.6. The molecule has 0 unspecified atom stereocenters. The molecule has 0 radical (unpaired) electrons. The molecule has 1 heterocycles. The predicted molar refractivity (Wildman–Crippen MR) is 118 cm³/mol. The van der Waals surface area contributed by atoms with Gasteiger partial charge in [-0.1, -0.05) is 42.1 Å². The van der Waals surface area contributed by atoms with Crippen molar-refractivity contribution < 1.29 is 22.3 Å². The van der Waals surface area contributed by atoms with Gasteiger partial charge in [0.1, 0.15) is 16.5 Å². The number of sulfonamides is 1. The number of aromatic amines is 1. The number of carbonyl (C=O) groups excluding carboxylic acids is 1. The summed E-state index contributed by atoms with van der Waals surface area (Å²) >= 11 is 1.35. The molecule has 0 spiro atoms. The molecular weight excluding hydrogens is 457 g/mol. The van der Waals surface area contributed by atoms with Gasteiger partial charge >= 0.3 is 0 Å². The van der Waals surface area contributed by atoms with E-state index in [-0.39, 0.29) is 17.2 Å². The van der Waals surface area contributed by atoms with E-state index in [1.165, 1.54) is 32.0 Å². The summed E-state index contributed by atoms with van der Waals surface area (Å²) in [5.41, 5.74) is 0.916. The lowest BCUT2D eigenvalue weighted by Crippen LogP contribution is -2.39.